The largest absolute Gasteiger partial charge is 0.480 e. The van der Waals surface area contributed by atoms with Crippen LogP contribution in [0.5, 0.6) is 0 Å². The molecule has 1 heterocycles. The molecule has 0 aromatic heterocycles. The Balaban J connectivity index is 3.05. The lowest BCUT2D eigenvalue weighted by atomic mass is 10.0. The Hall–Kier alpha value is -0.710. The number of amides is 1. The van der Waals surface area contributed by atoms with Crippen LogP contribution in [-0.4, -0.2) is 38.0 Å². The molecule has 14 heavy (non-hydrogen) atoms. The molecule has 0 aromatic carbocycles. The summed E-state index contributed by atoms with van der Waals surface area (Å²) in [5.41, 5.74) is 0. The molecule has 5 heteroatoms. The van der Waals surface area contributed by atoms with E-state index in [0.29, 0.717) is 0 Å². The number of hydrogen-bond acceptors (Lipinski definition) is 3. The van der Waals surface area contributed by atoms with Gasteiger partial charge in [0.2, 0.25) is 5.91 Å². The minimum absolute atomic E-state index is 0.0661. The van der Waals surface area contributed by atoms with Gasteiger partial charge in [-0.15, -0.1) is 11.8 Å². The number of nitrogens with zero attached hydrogens (tertiary/aromatic N) is 1. The van der Waals surface area contributed by atoms with Crippen LogP contribution >= 0.6 is 11.8 Å². The Kier molecular flexibility index (Phi) is 2.81. The third kappa shape index (κ3) is 1.73. The highest BCUT2D eigenvalue weighted by Gasteiger charge is 2.50. The van der Waals surface area contributed by atoms with Crippen LogP contribution in [0.15, 0.2) is 0 Å². The maximum Gasteiger partial charge on any atom is 0.327 e. The first-order chi connectivity index (χ1) is 6.27. The first-order valence-corrected chi connectivity index (χ1v) is 5.35. The minimum Gasteiger partial charge on any atom is -0.480 e. The second kappa shape index (κ2) is 3.46. The SMILES string of the molecule is CC(=O)N1[C@@H](C)SC(C)(C)[C@H]1C(=O)O. The van der Waals surface area contributed by atoms with Crippen molar-refractivity contribution >= 4 is 23.6 Å². The van der Waals surface area contributed by atoms with Gasteiger partial charge in [0.25, 0.3) is 0 Å². The van der Waals surface area contributed by atoms with Gasteiger partial charge in [0.05, 0.1) is 5.37 Å². The van der Waals surface area contributed by atoms with Crippen LogP contribution in [-0.2, 0) is 9.59 Å². The molecule has 0 radical (unpaired) electrons. The Morgan fingerprint density at radius 3 is 2.21 bits per heavy atom. The van der Waals surface area contributed by atoms with Crippen molar-refractivity contribution in [3.8, 4) is 0 Å². The van der Waals surface area contributed by atoms with Crippen LogP contribution in [0.25, 0.3) is 0 Å². The van der Waals surface area contributed by atoms with Crippen molar-refractivity contribution in [2.24, 2.45) is 0 Å². The van der Waals surface area contributed by atoms with E-state index in [1.165, 1.54) is 23.6 Å². The third-order valence-electron chi connectivity index (χ3n) is 2.40. The fourth-order valence-electron chi connectivity index (χ4n) is 1.96. The number of hydrogen-bond donors (Lipinski definition) is 1. The van der Waals surface area contributed by atoms with E-state index in [0.717, 1.165) is 0 Å². The monoisotopic (exact) mass is 217 g/mol. The molecule has 1 fully saturated rings. The van der Waals surface area contributed by atoms with Crippen molar-refractivity contribution in [3.05, 3.63) is 0 Å². The number of carboxylic acids is 1. The Bertz CT molecular complexity index is 277. The molecule has 2 atom stereocenters. The summed E-state index contributed by atoms with van der Waals surface area (Å²) in [6.07, 6.45) is 0. The van der Waals surface area contributed by atoms with Crippen LogP contribution < -0.4 is 0 Å². The number of carbonyl (C=O) groups excluding carboxylic acids is 1. The zero-order chi connectivity index (χ0) is 11.1. The maximum atomic E-state index is 11.3. The van der Waals surface area contributed by atoms with Gasteiger partial charge in [0, 0.05) is 11.7 Å². The second-order valence-corrected chi connectivity index (χ2v) is 5.96. The summed E-state index contributed by atoms with van der Waals surface area (Å²) >= 11 is 1.52. The molecule has 0 saturated carbocycles. The molecule has 1 N–H and O–H groups in total. The summed E-state index contributed by atoms with van der Waals surface area (Å²) in [5, 5.41) is 9.01. The zero-order valence-corrected chi connectivity index (χ0v) is 9.59. The Morgan fingerprint density at radius 2 is 1.93 bits per heavy atom. The molecule has 1 saturated heterocycles. The average molecular weight is 217 g/mol. The molecule has 0 bridgehead atoms. The van der Waals surface area contributed by atoms with Gasteiger partial charge in [-0.05, 0) is 20.8 Å². The van der Waals surface area contributed by atoms with Gasteiger partial charge in [0.15, 0.2) is 0 Å². The van der Waals surface area contributed by atoms with Gasteiger partial charge in [-0.1, -0.05) is 0 Å². The zero-order valence-electron chi connectivity index (χ0n) is 8.77. The number of thioether (sulfide) groups is 1. The molecule has 1 aliphatic heterocycles. The lowest BCUT2D eigenvalue weighted by Gasteiger charge is -2.27. The van der Waals surface area contributed by atoms with E-state index in [9.17, 15) is 9.59 Å². The van der Waals surface area contributed by atoms with Gasteiger partial charge in [-0.2, -0.15) is 0 Å². The number of rotatable bonds is 1. The molecule has 4 nitrogen and oxygen atoms in total. The van der Waals surface area contributed by atoms with Crippen molar-refractivity contribution in [3.63, 3.8) is 0 Å². The number of carboxylic acid groups (broad SMARTS) is 1. The van der Waals surface area contributed by atoms with E-state index in [1.54, 1.807) is 0 Å². The van der Waals surface area contributed by atoms with E-state index in [2.05, 4.69) is 0 Å². The summed E-state index contributed by atoms with van der Waals surface area (Å²) in [4.78, 5) is 23.8. The quantitative estimate of drug-likeness (QED) is 0.716. The van der Waals surface area contributed by atoms with Crippen LogP contribution in [0.4, 0.5) is 0 Å². The molecule has 0 aliphatic carbocycles. The summed E-state index contributed by atoms with van der Waals surface area (Å²) in [6.45, 7) is 6.98. The molecule has 1 rings (SSSR count). The van der Waals surface area contributed by atoms with E-state index < -0.39 is 16.8 Å². The topological polar surface area (TPSA) is 57.6 Å². The van der Waals surface area contributed by atoms with E-state index >= 15 is 0 Å². The lowest BCUT2D eigenvalue weighted by molar-refractivity contribution is -0.150. The second-order valence-electron chi connectivity index (χ2n) is 3.99. The molecule has 80 valence electrons. The molecular weight excluding hydrogens is 202 g/mol. The highest BCUT2D eigenvalue weighted by molar-refractivity contribution is 8.01. The van der Waals surface area contributed by atoms with Crippen molar-refractivity contribution in [1.82, 2.24) is 4.90 Å². The average Bonchev–Trinajstić information content (AvgIpc) is 2.19. The molecular formula is C9H15NO3S. The van der Waals surface area contributed by atoms with Gasteiger partial charge in [-0.25, -0.2) is 4.79 Å². The molecule has 1 aliphatic rings. The highest BCUT2D eigenvalue weighted by atomic mass is 32.2. The molecule has 0 spiro atoms. The summed E-state index contributed by atoms with van der Waals surface area (Å²) in [6, 6.07) is -0.722. The van der Waals surface area contributed by atoms with Crippen molar-refractivity contribution in [2.45, 2.75) is 43.9 Å². The highest BCUT2D eigenvalue weighted by Crippen LogP contribution is 2.44. The number of carbonyl (C=O) groups is 2. The van der Waals surface area contributed by atoms with Crippen LogP contribution in [0, 0.1) is 0 Å². The summed E-state index contributed by atoms with van der Waals surface area (Å²) < 4.78 is -0.420. The molecule has 0 aromatic rings. The van der Waals surface area contributed by atoms with Crippen LogP contribution in [0.2, 0.25) is 0 Å². The summed E-state index contributed by atoms with van der Waals surface area (Å²) in [5.74, 6) is -1.11. The predicted octanol–water partition coefficient (Wildman–Crippen LogP) is 1.16. The third-order valence-corrected chi connectivity index (χ3v) is 3.80. The summed E-state index contributed by atoms with van der Waals surface area (Å²) in [7, 11) is 0. The standard InChI is InChI=1S/C9H15NO3S/c1-5(11)10-6(2)14-9(3,4)7(10)8(12)13/h6-7H,1-4H3,(H,12,13)/t6-,7-/m1/s1. The van der Waals surface area contributed by atoms with E-state index in [4.69, 9.17) is 5.11 Å². The lowest BCUT2D eigenvalue weighted by Crippen LogP contribution is -2.49. The van der Waals surface area contributed by atoms with Crippen LogP contribution in [0.3, 0.4) is 0 Å². The van der Waals surface area contributed by atoms with Gasteiger partial charge >= 0.3 is 5.97 Å². The Labute approximate surface area is 87.7 Å². The van der Waals surface area contributed by atoms with Gasteiger partial charge < -0.3 is 10.0 Å². The first-order valence-electron chi connectivity index (χ1n) is 4.47. The van der Waals surface area contributed by atoms with Crippen molar-refractivity contribution in [1.29, 1.82) is 0 Å². The van der Waals surface area contributed by atoms with Crippen molar-refractivity contribution < 1.29 is 14.7 Å². The Morgan fingerprint density at radius 1 is 1.43 bits per heavy atom. The normalized spacial score (nSPS) is 30.4. The van der Waals surface area contributed by atoms with Crippen molar-refractivity contribution in [2.75, 3.05) is 0 Å². The fraction of sp³-hybridized carbons (Fsp3) is 0.778. The smallest absolute Gasteiger partial charge is 0.327 e. The van der Waals surface area contributed by atoms with Crippen LogP contribution in [0.1, 0.15) is 27.7 Å². The number of aliphatic carboxylic acids is 1. The van der Waals surface area contributed by atoms with E-state index in [1.807, 2.05) is 20.8 Å². The minimum atomic E-state index is -0.929. The predicted molar refractivity (Wildman–Crippen MR) is 55.1 cm³/mol. The van der Waals surface area contributed by atoms with Gasteiger partial charge in [0.1, 0.15) is 6.04 Å². The maximum absolute atomic E-state index is 11.3. The molecule has 1 amide bonds. The fourth-order valence-corrected chi connectivity index (χ4v) is 3.57. The van der Waals surface area contributed by atoms with E-state index in [-0.39, 0.29) is 11.3 Å². The molecule has 0 unspecified atom stereocenters. The van der Waals surface area contributed by atoms with Gasteiger partial charge in [-0.3, -0.25) is 4.79 Å². The first kappa shape index (κ1) is 11.4.